The molecule has 1 N–H and O–H groups in total. The van der Waals surface area contributed by atoms with Crippen molar-refractivity contribution in [1.29, 1.82) is 0 Å². The first-order chi connectivity index (χ1) is 9.33. The van der Waals surface area contributed by atoms with Crippen LogP contribution in [0.2, 0.25) is 0 Å². The Morgan fingerprint density at radius 2 is 2.11 bits per heavy atom. The Hall–Kier alpha value is -1.94. The second-order valence-corrected chi connectivity index (χ2v) is 5.32. The SMILES string of the molecule is Cc1csc(NCCc2cccc3cccnc23)n1. The van der Waals surface area contributed by atoms with Crippen LogP contribution in [0.15, 0.2) is 41.9 Å². The van der Waals surface area contributed by atoms with Gasteiger partial charge in [0.15, 0.2) is 5.13 Å². The summed E-state index contributed by atoms with van der Waals surface area (Å²) in [6, 6.07) is 10.4. The Kier molecular flexibility index (Phi) is 3.42. The van der Waals surface area contributed by atoms with Gasteiger partial charge in [0.25, 0.3) is 0 Å². The van der Waals surface area contributed by atoms with Crippen molar-refractivity contribution in [2.24, 2.45) is 0 Å². The maximum Gasteiger partial charge on any atom is 0.182 e. The monoisotopic (exact) mass is 269 g/mol. The summed E-state index contributed by atoms with van der Waals surface area (Å²) in [5.41, 5.74) is 3.44. The first kappa shape index (κ1) is 12.1. The molecule has 1 aromatic carbocycles. The van der Waals surface area contributed by atoms with Gasteiger partial charge in [-0.1, -0.05) is 24.3 Å². The minimum Gasteiger partial charge on any atom is -0.361 e. The molecule has 0 saturated heterocycles. The molecule has 96 valence electrons. The Labute approximate surface area is 116 Å². The predicted octanol–water partition coefficient (Wildman–Crippen LogP) is 3.65. The van der Waals surface area contributed by atoms with E-state index in [2.05, 4.69) is 44.9 Å². The molecule has 3 aromatic rings. The van der Waals surface area contributed by atoms with Crippen LogP contribution < -0.4 is 5.32 Å². The quantitative estimate of drug-likeness (QED) is 0.785. The van der Waals surface area contributed by atoms with Crippen molar-refractivity contribution < 1.29 is 0 Å². The van der Waals surface area contributed by atoms with Gasteiger partial charge >= 0.3 is 0 Å². The zero-order chi connectivity index (χ0) is 13.1. The number of thiazole rings is 1. The van der Waals surface area contributed by atoms with Crippen LogP contribution in [0, 0.1) is 6.92 Å². The Bertz CT molecular complexity index is 685. The summed E-state index contributed by atoms with van der Waals surface area (Å²) in [5.74, 6) is 0. The number of nitrogens with zero attached hydrogens (tertiary/aromatic N) is 2. The Balaban J connectivity index is 1.71. The molecule has 2 heterocycles. The summed E-state index contributed by atoms with van der Waals surface area (Å²) in [4.78, 5) is 8.87. The highest BCUT2D eigenvalue weighted by Gasteiger charge is 2.02. The molecule has 4 heteroatoms. The van der Waals surface area contributed by atoms with Gasteiger partial charge in [-0.3, -0.25) is 4.98 Å². The molecular weight excluding hydrogens is 254 g/mol. The van der Waals surface area contributed by atoms with E-state index in [4.69, 9.17) is 0 Å². The van der Waals surface area contributed by atoms with Gasteiger partial charge in [0.1, 0.15) is 0 Å². The molecular formula is C15H15N3S. The van der Waals surface area contributed by atoms with Crippen molar-refractivity contribution in [3.63, 3.8) is 0 Å². The molecule has 0 aliphatic heterocycles. The summed E-state index contributed by atoms with van der Waals surface area (Å²) in [7, 11) is 0. The molecule has 2 aromatic heterocycles. The number of hydrogen-bond acceptors (Lipinski definition) is 4. The lowest BCUT2D eigenvalue weighted by Crippen LogP contribution is -2.05. The van der Waals surface area contributed by atoms with Crippen molar-refractivity contribution in [2.75, 3.05) is 11.9 Å². The van der Waals surface area contributed by atoms with Crippen molar-refractivity contribution in [3.8, 4) is 0 Å². The van der Waals surface area contributed by atoms with Crippen molar-refractivity contribution in [2.45, 2.75) is 13.3 Å². The molecule has 3 rings (SSSR count). The fourth-order valence-electron chi connectivity index (χ4n) is 2.11. The first-order valence-corrected chi connectivity index (χ1v) is 7.19. The largest absolute Gasteiger partial charge is 0.361 e. The summed E-state index contributed by atoms with van der Waals surface area (Å²) in [5, 5.41) is 7.61. The van der Waals surface area contributed by atoms with Crippen LogP contribution in [0.3, 0.4) is 0 Å². The molecule has 0 fully saturated rings. The number of para-hydroxylation sites is 1. The van der Waals surface area contributed by atoms with E-state index in [1.807, 2.05) is 19.2 Å². The lowest BCUT2D eigenvalue weighted by molar-refractivity contribution is 1.02. The third-order valence-electron chi connectivity index (χ3n) is 3.01. The molecule has 0 radical (unpaired) electrons. The van der Waals surface area contributed by atoms with Crippen molar-refractivity contribution in [1.82, 2.24) is 9.97 Å². The highest BCUT2D eigenvalue weighted by Crippen LogP contribution is 2.17. The number of aromatic nitrogens is 2. The number of fused-ring (bicyclic) bond motifs is 1. The summed E-state index contributed by atoms with van der Waals surface area (Å²) in [6.07, 6.45) is 2.80. The van der Waals surface area contributed by atoms with Crippen LogP contribution >= 0.6 is 11.3 Å². The minimum absolute atomic E-state index is 0.878. The maximum atomic E-state index is 4.47. The van der Waals surface area contributed by atoms with Gasteiger partial charge in [0.2, 0.25) is 0 Å². The van der Waals surface area contributed by atoms with E-state index in [9.17, 15) is 0 Å². The second kappa shape index (κ2) is 5.36. The van der Waals surface area contributed by atoms with E-state index in [1.54, 1.807) is 11.3 Å². The fraction of sp³-hybridized carbons (Fsp3) is 0.200. The van der Waals surface area contributed by atoms with Gasteiger partial charge in [-0.2, -0.15) is 0 Å². The van der Waals surface area contributed by atoms with Gasteiger partial charge in [0.05, 0.1) is 11.2 Å². The molecule has 0 unspecified atom stereocenters. The average molecular weight is 269 g/mol. The highest BCUT2D eigenvalue weighted by atomic mass is 32.1. The highest BCUT2D eigenvalue weighted by molar-refractivity contribution is 7.13. The third-order valence-corrected chi connectivity index (χ3v) is 3.92. The molecule has 0 amide bonds. The molecule has 0 spiro atoms. The third kappa shape index (κ3) is 2.74. The molecule has 0 atom stereocenters. The first-order valence-electron chi connectivity index (χ1n) is 6.31. The van der Waals surface area contributed by atoms with Crippen LogP contribution in [0.25, 0.3) is 10.9 Å². The van der Waals surface area contributed by atoms with E-state index in [0.29, 0.717) is 0 Å². The van der Waals surface area contributed by atoms with Gasteiger partial charge < -0.3 is 5.32 Å². The topological polar surface area (TPSA) is 37.8 Å². The van der Waals surface area contributed by atoms with E-state index < -0.39 is 0 Å². The van der Waals surface area contributed by atoms with Crippen molar-refractivity contribution in [3.05, 3.63) is 53.2 Å². The lowest BCUT2D eigenvalue weighted by atomic mass is 10.1. The van der Waals surface area contributed by atoms with Crippen molar-refractivity contribution >= 4 is 27.4 Å². The fourth-order valence-corrected chi connectivity index (χ4v) is 2.83. The average Bonchev–Trinajstić information content (AvgIpc) is 2.85. The zero-order valence-corrected chi connectivity index (χ0v) is 11.6. The molecule has 0 saturated carbocycles. The lowest BCUT2D eigenvalue weighted by Gasteiger charge is -2.06. The predicted molar refractivity (Wildman–Crippen MR) is 80.8 cm³/mol. The number of rotatable bonds is 4. The van der Waals surface area contributed by atoms with Gasteiger partial charge in [-0.05, 0) is 25.0 Å². The number of anilines is 1. The minimum atomic E-state index is 0.878. The molecule has 0 bridgehead atoms. The number of aryl methyl sites for hydroxylation is 1. The van der Waals surface area contributed by atoms with E-state index in [-0.39, 0.29) is 0 Å². The summed E-state index contributed by atoms with van der Waals surface area (Å²) < 4.78 is 0. The maximum absolute atomic E-state index is 4.47. The second-order valence-electron chi connectivity index (χ2n) is 4.46. The number of hydrogen-bond donors (Lipinski definition) is 1. The standard InChI is InChI=1S/C15H15N3S/c1-11-10-19-15(18-11)17-9-7-13-5-2-4-12-6-3-8-16-14(12)13/h2-6,8,10H,7,9H2,1H3,(H,17,18). The molecule has 0 aliphatic rings. The molecule has 0 aliphatic carbocycles. The van der Waals surface area contributed by atoms with E-state index >= 15 is 0 Å². The normalized spacial score (nSPS) is 10.8. The van der Waals surface area contributed by atoms with E-state index in [0.717, 1.165) is 29.3 Å². The smallest absolute Gasteiger partial charge is 0.182 e. The van der Waals surface area contributed by atoms with Crippen LogP contribution in [0.5, 0.6) is 0 Å². The molecule has 19 heavy (non-hydrogen) atoms. The summed E-state index contributed by atoms with van der Waals surface area (Å²) in [6.45, 7) is 2.89. The van der Waals surface area contributed by atoms with Crippen LogP contribution in [0.1, 0.15) is 11.3 Å². The van der Waals surface area contributed by atoms with Crippen LogP contribution in [-0.4, -0.2) is 16.5 Å². The van der Waals surface area contributed by atoms with Gasteiger partial charge in [0, 0.05) is 23.5 Å². The number of nitrogens with one attached hydrogen (secondary N) is 1. The van der Waals surface area contributed by atoms with E-state index in [1.165, 1.54) is 10.9 Å². The van der Waals surface area contributed by atoms with Crippen LogP contribution in [-0.2, 0) is 6.42 Å². The Morgan fingerprint density at radius 3 is 2.95 bits per heavy atom. The Morgan fingerprint density at radius 1 is 1.21 bits per heavy atom. The van der Waals surface area contributed by atoms with Gasteiger partial charge in [-0.15, -0.1) is 11.3 Å². The van der Waals surface area contributed by atoms with Crippen LogP contribution in [0.4, 0.5) is 5.13 Å². The zero-order valence-electron chi connectivity index (χ0n) is 10.8. The summed E-state index contributed by atoms with van der Waals surface area (Å²) >= 11 is 1.65. The number of pyridine rings is 1. The number of benzene rings is 1. The molecule has 3 nitrogen and oxygen atoms in total. The van der Waals surface area contributed by atoms with Gasteiger partial charge in [-0.25, -0.2) is 4.98 Å².